The van der Waals surface area contributed by atoms with Crippen LogP contribution in [0.2, 0.25) is 0 Å². The number of nitrogens with one attached hydrogen (secondary N) is 2. The summed E-state index contributed by atoms with van der Waals surface area (Å²) in [5.41, 5.74) is 4.20. The zero-order valence-corrected chi connectivity index (χ0v) is 15.5. The Hall–Kier alpha value is -3.36. The largest absolute Gasteiger partial charge is 0.353 e. The molecule has 3 aromatic carbocycles. The first-order valence-electron chi connectivity index (χ1n) is 9.00. The van der Waals surface area contributed by atoms with Gasteiger partial charge in [-0.3, -0.25) is 4.90 Å². The van der Waals surface area contributed by atoms with Gasteiger partial charge >= 0.3 is 0 Å². The molecular weight excluding hydrogens is 356 g/mol. The average molecular weight is 373 g/mol. The molecule has 2 N–H and O–H groups in total. The third-order valence-corrected chi connectivity index (χ3v) is 5.00. The zero-order valence-electron chi connectivity index (χ0n) is 15.5. The highest BCUT2D eigenvalue weighted by Crippen LogP contribution is 2.36. The Morgan fingerprint density at radius 2 is 1.32 bits per heavy atom. The Kier molecular flexibility index (Phi) is 3.65. The van der Waals surface area contributed by atoms with Crippen LogP contribution in [0.5, 0.6) is 0 Å². The Morgan fingerprint density at radius 3 is 1.82 bits per heavy atom. The number of aromatic amines is 2. The molecule has 0 aliphatic heterocycles. The lowest BCUT2D eigenvalue weighted by molar-refractivity contribution is 0.464. The average Bonchev–Trinajstić information content (AvgIpc) is 3.19. The van der Waals surface area contributed by atoms with E-state index in [-0.39, 0.29) is 11.6 Å². The maximum absolute atomic E-state index is 13.9. The fourth-order valence-electron chi connectivity index (χ4n) is 3.74. The quantitative estimate of drug-likeness (QED) is 0.392. The van der Waals surface area contributed by atoms with Crippen molar-refractivity contribution < 1.29 is 8.78 Å². The summed E-state index contributed by atoms with van der Waals surface area (Å²) in [5, 5.41) is 3.33. The Bertz CT molecular complexity index is 1350. The maximum Gasteiger partial charge on any atom is 0.123 e. The predicted molar refractivity (Wildman–Crippen MR) is 111 cm³/mol. The highest BCUT2D eigenvalue weighted by molar-refractivity contribution is 6.20. The molecule has 5 rings (SSSR count). The van der Waals surface area contributed by atoms with E-state index in [0.717, 1.165) is 49.2 Å². The number of nitrogens with zero attached hydrogens (tertiary/aromatic N) is 1. The van der Waals surface area contributed by atoms with Gasteiger partial charge in [-0.05, 0) is 56.6 Å². The van der Waals surface area contributed by atoms with Gasteiger partial charge in [-0.2, -0.15) is 0 Å². The van der Waals surface area contributed by atoms with Crippen LogP contribution in [0, 0.1) is 23.5 Å². The molecule has 2 heterocycles. The lowest BCUT2D eigenvalue weighted by Crippen LogP contribution is -2.10. The van der Waals surface area contributed by atoms with Crippen LogP contribution in [-0.4, -0.2) is 35.5 Å². The van der Waals surface area contributed by atoms with Gasteiger partial charge in [0.05, 0.1) is 23.1 Å². The van der Waals surface area contributed by atoms with Gasteiger partial charge in [-0.15, -0.1) is 0 Å². The smallest absolute Gasteiger partial charge is 0.123 e. The molecule has 5 heteroatoms. The minimum absolute atomic E-state index is 0.293. The number of H-pyrrole nitrogens is 2. The van der Waals surface area contributed by atoms with Crippen molar-refractivity contribution >= 4 is 43.6 Å². The van der Waals surface area contributed by atoms with E-state index < -0.39 is 0 Å². The SMILES string of the molecule is CN(C)CC#Cc1c2[nH]c3ccc(F)cc3c2cc2c1[nH]c1ccc(F)cc12. The summed E-state index contributed by atoms with van der Waals surface area (Å²) in [4.78, 5) is 8.76. The number of hydrogen-bond acceptors (Lipinski definition) is 1. The van der Waals surface area contributed by atoms with Crippen molar-refractivity contribution in [3.8, 4) is 11.8 Å². The van der Waals surface area contributed by atoms with Crippen LogP contribution in [0.4, 0.5) is 8.78 Å². The fraction of sp³-hybridized carbons (Fsp3) is 0.130. The van der Waals surface area contributed by atoms with Gasteiger partial charge in [0.15, 0.2) is 0 Å². The second-order valence-corrected chi connectivity index (χ2v) is 7.27. The second kappa shape index (κ2) is 6.08. The molecule has 138 valence electrons. The normalized spacial score (nSPS) is 11.8. The Labute approximate surface area is 159 Å². The molecular formula is C23H17F2N3. The number of rotatable bonds is 1. The summed E-state index contributed by atoms with van der Waals surface area (Å²) in [5.74, 6) is 5.87. The standard InChI is InChI=1S/C23H17F2N3/c1-28(2)9-3-4-15-22-18(16-10-13(24)5-7-20(16)26-22)12-19-17-11-14(25)6-8-21(17)27-23(15)19/h5-8,10-12,26-27H,9H2,1-2H3. The number of aromatic nitrogens is 2. The van der Waals surface area contributed by atoms with Crippen molar-refractivity contribution in [2.75, 3.05) is 20.6 Å². The second-order valence-electron chi connectivity index (χ2n) is 7.27. The molecule has 0 bridgehead atoms. The van der Waals surface area contributed by atoms with Crippen molar-refractivity contribution in [3.05, 3.63) is 59.7 Å². The lowest BCUT2D eigenvalue weighted by atomic mass is 10.0. The van der Waals surface area contributed by atoms with Crippen LogP contribution in [-0.2, 0) is 0 Å². The molecule has 0 aliphatic carbocycles. The number of hydrogen-bond donors (Lipinski definition) is 2. The zero-order chi connectivity index (χ0) is 19.4. The first-order valence-corrected chi connectivity index (χ1v) is 9.00. The van der Waals surface area contributed by atoms with Gasteiger partial charge in [0.2, 0.25) is 0 Å². The summed E-state index contributed by atoms with van der Waals surface area (Å²) in [7, 11) is 3.92. The van der Waals surface area contributed by atoms with Gasteiger partial charge in [-0.25, -0.2) is 8.78 Å². The molecule has 0 radical (unpaired) electrons. The van der Waals surface area contributed by atoms with Crippen LogP contribution in [0.3, 0.4) is 0 Å². The first kappa shape index (κ1) is 16.8. The van der Waals surface area contributed by atoms with Gasteiger partial charge in [-0.1, -0.05) is 11.8 Å². The molecule has 5 aromatic rings. The highest BCUT2D eigenvalue weighted by atomic mass is 19.1. The van der Waals surface area contributed by atoms with E-state index in [1.54, 1.807) is 12.1 Å². The third kappa shape index (κ3) is 2.54. The molecule has 2 aromatic heterocycles. The van der Waals surface area contributed by atoms with Crippen LogP contribution in [0.15, 0.2) is 42.5 Å². The van der Waals surface area contributed by atoms with Crippen molar-refractivity contribution in [2.45, 2.75) is 0 Å². The fourth-order valence-corrected chi connectivity index (χ4v) is 3.74. The van der Waals surface area contributed by atoms with E-state index in [1.165, 1.54) is 24.3 Å². The summed E-state index contributed by atoms with van der Waals surface area (Å²) in [6, 6.07) is 11.4. The Balaban J connectivity index is 1.95. The highest BCUT2D eigenvalue weighted by Gasteiger charge is 2.16. The number of halogens is 2. The van der Waals surface area contributed by atoms with Crippen LogP contribution >= 0.6 is 0 Å². The maximum atomic E-state index is 13.9. The van der Waals surface area contributed by atoms with Crippen LogP contribution in [0.1, 0.15) is 5.56 Å². The summed E-state index contributed by atoms with van der Waals surface area (Å²) >= 11 is 0. The summed E-state index contributed by atoms with van der Waals surface area (Å²) < 4.78 is 27.8. The number of fused-ring (bicyclic) bond motifs is 6. The predicted octanol–water partition coefficient (Wildman–Crippen LogP) is 5.15. The monoisotopic (exact) mass is 373 g/mol. The molecule has 0 fully saturated rings. The third-order valence-electron chi connectivity index (χ3n) is 5.00. The summed E-state index contributed by atoms with van der Waals surface area (Å²) in [6.45, 7) is 0.613. The summed E-state index contributed by atoms with van der Waals surface area (Å²) in [6.07, 6.45) is 0. The molecule has 0 spiro atoms. The Morgan fingerprint density at radius 1 is 0.786 bits per heavy atom. The van der Waals surface area contributed by atoms with E-state index in [2.05, 4.69) is 21.8 Å². The van der Waals surface area contributed by atoms with E-state index in [4.69, 9.17) is 0 Å². The van der Waals surface area contributed by atoms with E-state index in [9.17, 15) is 8.78 Å². The van der Waals surface area contributed by atoms with E-state index in [0.29, 0.717) is 6.54 Å². The molecule has 0 unspecified atom stereocenters. The van der Waals surface area contributed by atoms with Gasteiger partial charge < -0.3 is 9.97 Å². The molecule has 3 nitrogen and oxygen atoms in total. The van der Waals surface area contributed by atoms with Crippen molar-refractivity contribution in [3.63, 3.8) is 0 Å². The van der Waals surface area contributed by atoms with Crippen LogP contribution in [0.25, 0.3) is 43.6 Å². The minimum atomic E-state index is -0.293. The van der Waals surface area contributed by atoms with Crippen molar-refractivity contribution in [1.29, 1.82) is 0 Å². The van der Waals surface area contributed by atoms with Gasteiger partial charge in [0.25, 0.3) is 0 Å². The molecule has 0 saturated carbocycles. The molecule has 28 heavy (non-hydrogen) atoms. The van der Waals surface area contributed by atoms with Crippen LogP contribution < -0.4 is 0 Å². The molecule has 0 saturated heterocycles. The topological polar surface area (TPSA) is 34.8 Å². The van der Waals surface area contributed by atoms with E-state index >= 15 is 0 Å². The van der Waals surface area contributed by atoms with Gasteiger partial charge in [0, 0.05) is 32.6 Å². The van der Waals surface area contributed by atoms with E-state index in [1.807, 2.05) is 25.1 Å². The van der Waals surface area contributed by atoms with Gasteiger partial charge in [0.1, 0.15) is 11.6 Å². The molecule has 0 atom stereocenters. The first-order chi connectivity index (χ1) is 13.5. The molecule has 0 amide bonds. The van der Waals surface area contributed by atoms with Crippen molar-refractivity contribution in [2.24, 2.45) is 0 Å². The van der Waals surface area contributed by atoms with Crippen molar-refractivity contribution in [1.82, 2.24) is 14.9 Å². The minimum Gasteiger partial charge on any atom is -0.353 e. The lowest BCUT2D eigenvalue weighted by Gasteiger charge is -2.02. The molecule has 0 aliphatic rings. The number of benzene rings is 3.